The molecule has 0 radical (unpaired) electrons. The summed E-state index contributed by atoms with van der Waals surface area (Å²) in [7, 11) is 1.88. The van der Waals surface area contributed by atoms with E-state index in [2.05, 4.69) is 10.4 Å². The molecule has 1 N–H and O–H groups in total. The Hall–Kier alpha value is -2.21. The van der Waals surface area contributed by atoms with Gasteiger partial charge < -0.3 is 10.2 Å². The van der Waals surface area contributed by atoms with Crippen molar-refractivity contribution in [1.29, 1.82) is 0 Å². The molecule has 1 aromatic carbocycles. The number of benzene rings is 1. The third kappa shape index (κ3) is 3.90. The van der Waals surface area contributed by atoms with E-state index in [1.54, 1.807) is 10.7 Å². The maximum atomic E-state index is 13.5. The van der Waals surface area contributed by atoms with Crippen molar-refractivity contribution >= 4 is 5.91 Å². The van der Waals surface area contributed by atoms with Gasteiger partial charge in [-0.2, -0.15) is 5.10 Å². The Morgan fingerprint density at radius 1 is 1.44 bits per heavy atom. The van der Waals surface area contributed by atoms with Crippen LogP contribution in [-0.2, 0) is 18.4 Å². The third-order valence-electron chi connectivity index (χ3n) is 4.83. The third-order valence-corrected chi connectivity index (χ3v) is 4.83. The minimum Gasteiger partial charge on any atom is -0.336 e. The van der Waals surface area contributed by atoms with Crippen molar-refractivity contribution in [3.05, 3.63) is 53.6 Å². The summed E-state index contributed by atoms with van der Waals surface area (Å²) in [6, 6.07) is 6.50. The van der Waals surface area contributed by atoms with E-state index in [0.29, 0.717) is 13.1 Å². The molecule has 1 saturated heterocycles. The fourth-order valence-electron chi connectivity index (χ4n) is 3.48. The Kier molecular flexibility index (Phi) is 5.18. The topological polar surface area (TPSA) is 50.2 Å². The highest BCUT2D eigenvalue weighted by Crippen LogP contribution is 2.30. The van der Waals surface area contributed by atoms with Crippen LogP contribution in [-0.4, -0.2) is 39.7 Å². The monoisotopic (exact) mass is 344 g/mol. The molecule has 1 amide bonds. The smallest absolute Gasteiger partial charge is 0.228 e. The van der Waals surface area contributed by atoms with E-state index < -0.39 is 0 Å². The van der Waals surface area contributed by atoms with E-state index in [-0.39, 0.29) is 29.6 Å². The quantitative estimate of drug-likeness (QED) is 0.905. The molecule has 2 aromatic rings. The second-order valence-electron chi connectivity index (χ2n) is 7.01. The number of carbonyl (C=O) groups excluding carboxylic acids is 1. The molecule has 25 heavy (non-hydrogen) atoms. The van der Waals surface area contributed by atoms with Gasteiger partial charge in [-0.05, 0) is 37.1 Å². The lowest BCUT2D eigenvalue weighted by Gasteiger charge is -2.31. The first-order valence-electron chi connectivity index (χ1n) is 8.70. The van der Waals surface area contributed by atoms with E-state index >= 15 is 0 Å². The summed E-state index contributed by atoms with van der Waals surface area (Å²) in [6.07, 6.45) is 3.81. The van der Waals surface area contributed by atoms with Crippen LogP contribution in [0.15, 0.2) is 36.7 Å². The highest BCUT2D eigenvalue weighted by Gasteiger charge is 2.37. The Balaban J connectivity index is 1.80. The predicted molar refractivity (Wildman–Crippen MR) is 94.4 cm³/mol. The highest BCUT2D eigenvalue weighted by molar-refractivity contribution is 5.81. The first kappa shape index (κ1) is 17.6. The minimum absolute atomic E-state index is 0.0471. The lowest BCUT2D eigenvalue weighted by Crippen LogP contribution is -2.42. The van der Waals surface area contributed by atoms with Gasteiger partial charge in [0, 0.05) is 44.8 Å². The summed E-state index contributed by atoms with van der Waals surface area (Å²) in [4.78, 5) is 15.1. The van der Waals surface area contributed by atoms with Gasteiger partial charge in [0.25, 0.3) is 0 Å². The molecule has 0 spiro atoms. The standard InChI is InChI=1S/C19H25FN4O/c1-13(2)24(11-14-5-4-6-16(20)7-14)19(25)18-10-21-9-17(18)15-8-22-23(3)12-15/h4-8,12-13,17-18,21H,9-11H2,1-3H3/t17-,18+/m1/s1. The average molecular weight is 344 g/mol. The molecule has 0 saturated carbocycles. The largest absolute Gasteiger partial charge is 0.336 e. The number of carbonyl (C=O) groups is 1. The average Bonchev–Trinajstić information content (AvgIpc) is 3.20. The number of rotatable bonds is 5. The van der Waals surface area contributed by atoms with Gasteiger partial charge in [-0.3, -0.25) is 9.48 Å². The molecule has 0 aliphatic carbocycles. The van der Waals surface area contributed by atoms with Crippen molar-refractivity contribution in [1.82, 2.24) is 20.0 Å². The van der Waals surface area contributed by atoms with Gasteiger partial charge in [0.2, 0.25) is 5.91 Å². The van der Waals surface area contributed by atoms with Crippen molar-refractivity contribution in [3.8, 4) is 0 Å². The zero-order chi connectivity index (χ0) is 18.0. The van der Waals surface area contributed by atoms with Crippen molar-refractivity contribution in [2.75, 3.05) is 13.1 Å². The molecule has 1 aliphatic rings. The molecule has 134 valence electrons. The first-order chi connectivity index (χ1) is 12.0. The fourth-order valence-corrected chi connectivity index (χ4v) is 3.48. The van der Waals surface area contributed by atoms with Crippen LogP contribution in [0.25, 0.3) is 0 Å². The van der Waals surface area contributed by atoms with Crippen molar-refractivity contribution in [3.63, 3.8) is 0 Å². The van der Waals surface area contributed by atoms with Crippen LogP contribution >= 0.6 is 0 Å². The van der Waals surface area contributed by atoms with Crippen LogP contribution < -0.4 is 5.32 Å². The molecule has 2 heterocycles. The second kappa shape index (κ2) is 7.35. The number of aromatic nitrogens is 2. The van der Waals surface area contributed by atoms with Crippen LogP contribution in [0.5, 0.6) is 0 Å². The van der Waals surface area contributed by atoms with Gasteiger partial charge in [0.15, 0.2) is 0 Å². The summed E-state index contributed by atoms with van der Waals surface area (Å²) in [6.45, 7) is 5.85. The van der Waals surface area contributed by atoms with Crippen molar-refractivity contribution in [2.45, 2.75) is 32.4 Å². The number of aryl methyl sites for hydroxylation is 1. The molecule has 1 aliphatic heterocycles. The number of hydrogen-bond acceptors (Lipinski definition) is 3. The first-order valence-corrected chi connectivity index (χ1v) is 8.70. The van der Waals surface area contributed by atoms with Gasteiger partial charge in [-0.1, -0.05) is 12.1 Å². The predicted octanol–water partition coefficient (Wildman–Crippen LogP) is 2.30. The van der Waals surface area contributed by atoms with Gasteiger partial charge in [0.05, 0.1) is 12.1 Å². The van der Waals surface area contributed by atoms with Gasteiger partial charge in [-0.15, -0.1) is 0 Å². The Morgan fingerprint density at radius 2 is 2.24 bits per heavy atom. The van der Waals surface area contributed by atoms with Crippen LogP contribution in [0.3, 0.4) is 0 Å². The maximum absolute atomic E-state index is 13.5. The Morgan fingerprint density at radius 3 is 2.88 bits per heavy atom. The fraction of sp³-hybridized carbons (Fsp3) is 0.474. The Bertz CT molecular complexity index is 743. The molecule has 6 heteroatoms. The van der Waals surface area contributed by atoms with E-state index in [0.717, 1.165) is 17.7 Å². The summed E-state index contributed by atoms with van der Waals surface area (Å²) in [5.41, 5.74) is 1.89. The number of amides is 1. The number of halogens is 1. The summed E-state index contributed by atoms with van der Waals surface area (Å²) >= 11 is 0. The molecular formula is C19H25FN4O. The normalized spacial score (nSPS) is 20.2. The van der Waals surface area contributed by atoms with E-state index in [1.807, 2.05) is 44.3 Å². The van der Waals surface area contributed by atoms with E-state index in [9.17, 15) is 9.18 Å². The van der Waals surface area contributed by atoms with Gasteiger partial charge in [0.1, 0.15) is 5.82 Å². The summed E-state index contributed by atoms with van der Waals surface area (Å²) < 4.78 is 15.2. The van der Waals surface area contributed by atoms with E-state index in [4.69, 9.17) is 0 Å². The highest BCUT2D eigenvalue weighted by atomic mass is 19.1. The van der Waals surface area contributed by atoms with Gasteiger partial charge in [-0.25, -0.2) is 4.39 Å². The van der Waals surface area contributed by atoms with Crippen LogP contribution in [0.1, 0.15) is 30.9 Å². The zero-order valence-corrected chi connectivity index (χ0v) is 14.9. The van der Waals surface area contributed by atoms with Crippen molar-refractivity contribution < 1.29 is 9.18 Å². The second-order valence-corrected chi connectivity index (χ2v) is 7.01. The molecular weight excluding hydrogens is 319 g/mol. The van der Waals surface area contributed by atoms with Crippen LogP contribution in [0, 0.1) is 11.7 Å². The SMILES string of the molecule is CC(C)N(Cc1cccc(F)c1)C(=O)[C@H]1CNC[C@@H]1c1cnn(C)c1. The molecule has 5 nitrogen and oxygen atoms in total. The number of nitrogens with one attached hydrogen (secondary N) is 1. The molecule has 3 rings (SSSR count). The molecule has 0 unspecified atom stereocenters. The van der Waals surface area contributed by atoms with Crippen molar-refractivity contribution in [2.24, 2.45) is 13.0 Å². The minimum atomic E-state index is -0.274. The number of hydrogen-bond donors (Lipinski definition) is 1. The zero-order valence-electron chi connectivity index (χ0n) is 14.9. The lowest BCUT2D eigenvalue weighted by molar-refractivity contribution is -0.137. The Labute approximate surface area is 147 Å². The molecule has 0 bridgehead atoms. The number of nitrogens with zero attached hydrogens (tertiary/aromatic N) is 3. The van der Waals surface area contributed by atoms with Crippen LogP contribution in [0.4, 0.5) is 4.39 Å². The molecule has 1 aromatic heterocycles. The summed E-state index contributed by atoms with van der Waals surface area (Å²) in [5, 5.41) is 7.57. The van der Waals surface area contributed by atoms with E-state index in [1.165, 1.54) is 12.1 Å². The lowest BCUT2D eigenvalue weighted by atomic mass is 9.89. The maximum Gasteiger partial charge on any atom is 0.228 e. The van der Waals surface area contributed by atoms with Gasteiger partial charge >= 0.3 is 0 Å². The van der Waals surface area contributed by atoms with Crippen LogP contribution in [0.2, 0.25) is 0 Å². The molecule has 2 atom stereocenters. The summed E-state index contributed by atoms with van der Waals surface area (Å²) in [5.74, 6) is -0.169. The molecule has 1 fully saturated rings.